The number of anilines is 1. The van der Waals surface area contributed by atoms with Gasteiger partial charge < -0.3 is 10.8 Å². The van der Waals surface area contributed by atoms with E-state index in [4.69, 9.17) is 10.8 Å². The highest BCUT2D eigenvalue weighted by Crippen LogP contribution is 2.21. The van der Waals surface area contributed by atoms with Gasteiger partial charge >= 0.3 is 0 Å². The first kappa shape index (κ1) is 6.91. The third-order valence-corrected chi connectivity index (χ3v) is 1.76. The normalized spacial score (nSPS) is 10.3. The summed E-state index contributed by atoms with van der Waals surface area (Å²) in [5, 5.41) is 10.0. The van der Waals surface area contributed by atoms with E-state index in [1.165, 1.54) is 0 Å². The molecule has 0 atom stereocenters. The average molecular weight is 160 g/mol. The van der Waals surface area contributed by atoms with Crippen molar-refractivity contribution in [2.45, 2.75) is 0 Å². The van der Waals surface area contributed by atoms with Crippen molar-refractivity contribution in [3.05, 3.63) is 30.5 Å². The van der Waals surface area contributed by atoms with Crippen LogP contribution in [0, 0.1) is 0 Å². The molecule has 1 aromatic heterocycles. The Labute approximate surface area is 69.5 Å². The Morgan fingerprint density at radius 2 is 2.08 bits per heavy atom. The van der Waals surface area contributed by atoms with Crippen molar-refractivity contribution >= 4 is 16.6 Å². The first-order valence-corrected chi connectivity index (χ1v) is 3.60. The van der Waals surface area contributed by atoms with Crippen molar-refractivity contribution in [1.82, 2.24) is 4.98 Å². The number of phenols is 1. The Morgan fingerprint density at radius 3 is 2.92 bits per heavy atom. The van der Waals surface area contributed by atoms with Crippen LogP contribution < -0.4 is 5.73 Å². The van der Waals surface area contributed by atoms with Gasteiger partial charge in [-0.1, -0.05) is 0 Å². The van der Waals surface area contributed by atoms with E-state index < -0.39 is 0 Å². The molecule has 2 rings (SSSR count). The SMILES string of the molecule is Nc1ccnc2cc(O)ccc12. The third-order valence-electron chi connectivity index (χ3n) is 1.76. The van der Waals surface area contributed by atoms with E-state index in [1.807, 2.05) is 0 Å². The van der Waals surface area contributed by atoms with Gasteiger partial charge in [-0.15, -0.1) is 0 Å². The smallest absolute Gasteiger partial charge is 0.117 e. The van der Waals surface area contributed by atoms with E-state index in [0.717, 1.165) is 10.9 Å². The molecule has 3 N–H and O–H groups in total. The minimum atomic E-state index is 0.209. The summed E-state index contributed by atoms with van der Waals surface area (Å²) in [6, 6.07) is 6.68. The number of fused-ring (bicyclic) bond motifs is 1. The van der Waals surface area contributed by atoms with Gasteiger partial charge in [-0.3, -0.25) is 4.98 Å². The lowest BCUT2D eigenvalue weighted by atomic mass is 10.2. The third kappa shape index (κ3) is 0.955. The fourth-order valence-electron chi connectivity index (χ4n) is 1.16. The number of nitrogens with zero attached hydrogens (tertiary/aromatic N) is 1. The lowest BCUT2D eigenvalue weighted by Crippen LogP contribution is -1.87. The summed E-state index contributed by atoms with van der Waals surface area (Å²) < 4.78 is 0. The highest BCUT2D eigenvalue weighted by molar-refractivity contribution is 5.90. The lowest BCUT2D eigenvalue weighted by Gasteiger charge is -2.00. The number of aromatic nitrogens is 1. The zero-order chi connectivity index (χ0) is 8.55. The maximum absolute atomic E-state index is 9.14. The van der Waals surface area contributed by atoms with Gasteiger partial charge in [0, 0.05) is 23.3 Å². The number of nitrogen functional groups attached to an aromatic ring is 1. The molecule has 12 heavy (non-hydrogen) atoms. The summed E-state index contributed by atoms with van der Waals surface area (Å²) in [5.74, 6) is 0.209. The molecule has 60 valence electrons. The molecular weight excluding hydrogens is 152 g/mol. The minimum absolute atomic E-state index is 0.209. The molecule has 0 bridgehead atoms. The molecule has 3 nitrogen and oxygen atoms in total. The van der Waals surface area contributed by atoms with Crippen LogP contribution in [-0.2, 0) is 0 Å². The quantitative estimate of drug-likeness (QED) is 0.614. The van der Waals surface area contributed by atoms with Gasteiger partial charge in [0.05, 0.1) is 5.52 Å². The Bertz CT molecular complexity index is 426. The van der Waals surface area contributed by atoms with Crippen LogP contribution in [0.4, 0.5) is 5.69 Å². The minimum Gasteiger partial charge on any atom is -0.508 e. The topological polar surface area (TPSA) is 59.1 Å². The van der Waals surface area contributed by atoms with Crippen molar-refractivity contribution in [2.75, 3.05) is 5.73 Å². The Morgan fingerprint density at radius 1 is 1.25 bits per heavy atom. The zero-order valence-electron chi connectivity index (χ0n) is 6.36. The molecule has 0 spiro atoms. The molecule has 1 aromatic carbocycles. The zero-order valence-corrected chi connectivity index (χ0v) is 6.36. The number of benzene rings is 1. The summed E-state index contributed by atoms with van der Waals surface area (Å²) in [6.45, 7) is 0. The van der Waals surface area contributed by atoms with Gasteiger partial charge in [-0.2, -0.15) is 0 Å². The fourth-order valence-corrected chi connectivity index (χ4v) is 1.16. The van der Waals surface area contributed by atoms with Gasteiger partial charge in [0.25, 0.3) is 0 Å². The molecule has 0 saturated carbocycles. The highest BCUT2D eigenvalue weighted by Gasteiger charge is 1.98. The van der Waals surface area contributed by atoms with E-state index in [-0.39, 0.29) is 5.75 Å². The number of hydrogen-bond acceptors (Lipinski definition) is 3. The molecule has 2 aromatic rings. The van der Waals surface area contributed by atoms with Gasteiger partial charge in [-0.25, -0.2) is 0 Å². The van der Waals surface area contributed by atoms with Gasteiger partial charge in [0.2, 0.25) is 0 Å². The second-order valence-electron chi connectivity index (χ2n) is 2.60. The number of aromatic hydroxyl groups is 1. The number of pyridine rings is 1. The molecule has 0 unspecified atom stereocenters. The summed E-state index contributed by atoms with van der Waals surface area (Å²) in [7, 11) is 0. The Kier molecular flexibility index (Phi) is 1.37. The molecule has 3 heteroatoms. The molecule has 0 aliphatic rings. The Balaban J connectivity index is 2.86. The number of rotatable bonds is 0. The van der Waals surface area contributed by atoms with Crippen molar-refractivity contribution in [1.29, 1.82) is 0 Å². The molecule has 0 fully saturated rings. The number of hydrogen-bond donors (Lipinski definition) is 2. The van der Waals surface area contributed by atoms with Crippen LogP contribution in [0.1, 0.15) is 0 Å². The molecule has 0 aliphatic carbocycles. The van der Waals surface area contributed by atoms with E-state index in [0.29, 0.717) is 5.69 Å². The van der Waals surface area contributed by atoms with Crippen molar-refractivity contribution < 1.29 is 5.11 Å². The van der Waals surface area contributed by atoms with Gasteiger partial charge in [-0.05, 0) is 18.2 Å². The highest BCUT2D eigenvalue weighted by atomic mass is 16.3. The lowest BCUT2D eigenvalue weighted by molar-refractivity contribution is 0.476. The van der Waals surface area contributed by atoms with Crippen LogP contribution in [0.25, 0.3) is 10.9 Å². The molecule has 0 radical (unpaired) electrons. The maximum Gasteiger partial charge on any atom is 0.117 e. The first-order chi connectivity index (χ1) is 5.77. The molecular formula is C9H8N2O. The summed E-state index contributed by atoms with van der Waals surface area (Å²) in [5.41, 5.74) is 7.08. The van der Waals surface area contributed by atoms with Crippen LogP contribution in [-0.4, -0.2) is 10.1 Å². The van der Waals surface area contributed by atoms with E-state index in [9.17, 15) is 0 Å². The predicted octanol–water partition coefficient (Wildman–Crippen LogP) is 1.52. The predicted molar refractivity (Wildman–Crippen MR) is 47.8 cm³/mol. The number of nitrogens with two attached hydrogens (primary N) is 1. The summed E-state index contributed by atoms with van der Waals surface area (Å²) in [4.78, 5) is 4.06. The van der Waals surface area contributed by atoms with Crippen LogP contribution in [0.2, 0.25) is 0 Å². The second-order valence-corrected chi connectivity index (χ2v) is 2.60. The van der Waals surface area contributed by atoms with Crippen LogP contribution in [0.5, 0.6) is 5.75 Å². The molecule has 0 aliphatic heterocycles. The van der Waals surface area contributed by atoms with Crippen LogP contribution >= 0.6 is 0 Å². The molecule has 0 saturated heterocycles. The van der Waals surface area contributed by atoms with E-state index >= 15 is 0 Å². The van der Waals surface area contributed by atoms with Crippen LogP contribution in [0.3, 0.4) is 0 Å². The fraction of sp³-hybridized carbons (Fsp3) is 0. The maximum atomic E-state index is 9.14. The van der Waals surface area contributed by atoms with Gasteiger partial charge in [0.1, 0.15) is 5.75 Å². The second kappa shape index (κ2) is 2.37. The summed E-state index contributed by atoms with van der Waals surface area (Å²) in [6.07, 6.45) is 1.62. The Hall–Kier alpha value is -1.77. The number of phenolic OH excluding ortho intramolecular Hbond substituents is 1. The van der Waals surface area contributed by atoms with E-state index in [2.05, 4.69) is 4.98 Å². The summed E-state index contributed by atoms with van der Waals surface area (Å²) >= 11 is 0. The average Bonchev–Trinajstić information content (AvgIpc) is 2.04. The largest absolute Gasteiger partial charge is 0.508 e. The van der Waals surface area contributed by atoms with Crippen molar-refractivity contribution in [3.63, 3.8) is 0 Å². The van der Waals surface area contributed by atoms with E-state index in [1.54, 1.807) is 30.5 Å². The van der Waals surface area contributed by atoms with Crippen molar-refractivity contribution in [3.8, 4) is 5.75 Å². The van der Waals surface area contributed by atoms with Crippen LogP contribution in [0.15, 0.2) is 30.5 Å². The standard InChI is InChI=1S/C9H8N2O/c10-8-3-4-11-9-5-6(12)1-2-7(8)9/h1-5,12H,(H2,10,11). The first-order valence-electron chi connectivity index (χ1n) is 3.60. The van der Waals surface area contributed by atoms with Gasteiger partial charge in [0.15, 0.2) is 0 Å². The monoisotopic (exact) mass is 160 g/mol. The van der Waals surface area contributed by atoms with Crippen molar-refractivity contribution in [2.24, 2.45) is 0 Å². The molecule has 1 heterocycles. The molecule has 0 amide bonds.